The topological polar surface area (TPSA) is 31.2 Å². The Morgan fingerprint density at radius 1 is 1.28 bits per heavy atom. The van der Waals surface area contributed by atoms with Crippen molar-refractivity contribution in [3.63, 3.8) is 0 Å². The maximum absolute atomic E-state index is 11.8. The highest BCUT2D eigenvalue weighted by Crippen LogP contribution is 2.19. The molecule has 0 aliphatic carbocycles. The van der Waals surface area contributed by atoms with Crippen molar-refractivity contribution >= 4 is 17.2 Å². The summed E-state index contributed by atoms with van der Waals surface area (Å²) < 4.78 is 40.8. The molecule has 1 aromatic heterocycles. The second-order valence-electron chi connectivity index (χ2n) is 3.74. The van der Waals surface area contributed by atoms with E-state index in [2.05, 4.69) is 4.74 Å². The number of aldehydes is 1. The SMILES string of the molecule is O=Cc1ccc2c(ccn2CCOC(F)(F)F)c1. The lowest BCUT2D eigenvalue weighted by Gasteiger charge is -2.08. The molecule has 0 saturated heterocycles. The molecule has 0 bridgehead atoms. The predicted octanol–water partition coefficient (Wildman–Crippen LogP) is 2.99. The zero-order valence-corrected chi connectivity index (χ0v) is 9.28. The summed E-state index contributed by atoms with van der Waals surface area (Å²) in [6, 6.07) is 6.75. The van der Waals surface area contributed by atoms with Crippen molar-refractivity contribution < 1.29 is 22.7 Å². The summed E-state index contributed by atoms with van der Waals surface area (Å²) in [6.45, 7) is -0.341. The van der Waals surface area contributed by atoms with Gasteiger partial charge in [0.15, 0.2) is 0 Å². The normalized spacial score (nSPS) is 11.9. The van der Waals surface area contributed by atoms with Gasteiger partial charge in [-0.3, -0.25) is 9.53 Å². The quantitative estimate of drug-likeness (QED) is 0.788. The van der Waals surface area contributed by atoms with Crippen molar-refractivity contribution in [2.24, 2.45) is 0 Å². The molecular formula is C12H10F3NO2. The minimum absolute atomic E-state index is 0.101. The fourth-order valence-corrected chi connectivity index (χ4v) is 1.75. The first-order chi connectivity index (χ1) is 8.49. The summed E-state index contributed by atoms with van der Waals surface area (Å²) in [5.74, 6) is 0. The second-order valence-corrected chi connectivity index (χ2v) is 3.74. The summed E-state index contributed by atoms with van der Waals surface area (Å²) in [6.07, 6.45) is -2.21. The molecule has 0 atom stereocenters. The summed E-state index contributed by atoms with van der Waals surface area (Å²) in [4.78, 5) is 10.6. The Morgan fingerprint density at radius 2 is 2.06 bits per heavy atom. The van der Waals surface area contributed by atoms with Crippen molar-refractivity contribution in [3.05, 3.63) is 36.0 Å². The lowest BCUT2D eigenvalue weighted by molar-refractivity contribution is -0.325. The van der Waals surface area contributed by atoms with Gasteiger partial charge in [0.1, 0.15) is 6.29 Å². The molecule has 3 nitrogen and oxygen atoms in total. The van der Waals surface area contributed by atoms with Gasteiger partial charge in [-0.05, 0) is 24.3 Å². The molecule has 0 spiro atoms. The van der Waals surface area contributed by atoms with E-state index in [0.717, 1.165) is 17.2 Å². The van der Waals surface area contributed by atoms with Crippen LogP contribution in [0.25, 0.3) is 10.9 Å². The van der Waals surface area contributed by atoms with Gasteiger partial charge in [-0.2, -0.15) is 0 Å². The third kappa shape index (κ3) is 2.89. The monoisotopic (exact) mass is 257 g/mol. The number of halogens is 3. The van der Waals surface area contributed by atoms with Gasteiger partial charge in [0.05, 0.1) is 6.61 Å². The molecule has 1 aromatic carbocycles. The van der Waals surface area contributed by atoms with Gasteiger partial charge in [-0.15, -0.1) is 13.2 Å². The number of rotatable bonds is 4. The van der Waals surface area contributed by atoms with E-state index < -0.39 is 13.0 Å². The number of hydrogen-bond donors (Lipinski definition) is 0. The first-order valence-corrected chi connectivity index (χ1v) is 5.24. The van der Waals surface area contributed by atoms with Crippen molar-refractivity contribution in [1.29, 1.82) is 0 Å². The van der Waals surface area contributed by atoms with Crippen LogP contribution in [0.4, 0.5) is 13.2 Å². The molecule has 96 valence electrons. The summed E-state index contributed by atoms with van der Waals surface area (Å²) in [5.41, 5.74) is 1.30. The van der Waals surface area contributed by atoms with E-state index in [4.69, 9.17) is 0 Å². The van der Waals surface area contributed by atoms with E-state index >= 15 is 0 Å². The minimum atomic E-state index is -4.60. The number of benzene rings is 1. The second kappa shape index (κ2) is 4.81. The molecule has 0 radical (unpaired) electrons. The molecule has 0 amide bonds. The average molecular weight is 257 g/mol. The zero-order valence-electron chi connectivity index (χ0n) is 9.28. The van der Waals surface area contributed by atoms with Crippen molar-refractivity contribution in [2.45, 2.75) is 12.9 Å². The Kier molecular flexibility index (Phi) is 3.38. The molecule has 0 fully saturated rings. The number of hydrogen-bond acceptors (Lipinski definition) is 2. The maximum Gasteiger partial charge on any atom is 0.522 e. The Balaban J connectivity index is 2.12. The van der Waals surface area contributed by atoms with E-state index in [9.17, 15) is 18.0 Å². The van der Waals surface area contributed by atoms with Crippen LogP contribution in [0.3, 0.4) is 0 Å². The molecule has 2 rings (SSSR count). The van der Waals surface area contributed by atoms with Gasteiger partial charge < -0.3 is 4.57 Å². The number of nitrogens with zero attached hydrogens (tertiary/aromatic N) is 1. The minimum Gasteiger partial charge on any atom is -0.345 e. The standard InChI is InChI=1S/C12H10F3NO2/c13-12(14,15)18-6-5-16-4-3-10-7-9(8-17)1-2-11(10)16/h1-4,7-8H,5-6H2. The van der Waals surface area contributed by atoms with Gasteiger partial charge in [0, 0.05) is 29.2 Å². The highest BCUT2D eigenvalue weighted by Gasteiger charge is 2.28. The molecule has 0 saturated carbocycles. The number of fused-ring (bicyclic) bond motifs is 1. The first kappa shape index (κ1) is 12.6. The Morgan fingerprint density at radius 3 is 2.72 bits per heavy atom. The van der Waals surface area contributed by atoms with Crippen LogP contribution in [0.2, 0.25) is 0 Å². The highest BCUT2D eigenvalue weighted by molar-refractivity contribution is 5.87. The van der Waals surface area contributed by atoms with Crippen molar-refractivity contribution in [1.82, 2.24) is 4.57 Å². The molecular weight excluding hydrogens is 247 g/mol. The molecule has 1 heterocycles. The van der Waals surface area contributed by atoms with Crippen LogP contribution in [0, 0.1) is 0 Å². The number of aromatic nitrogens is 1. The van der Waals surface area contributed by atoms with Crippen LogP contribution in [-0.4, -0.2) is 23.8 Å². The van der Waals surface area contributed by atoms with Gasteiger partial charge in [0.2, 0.25) is 0 Å². The number of alkyl halides is 3. The van der Waals surface area contributed by atoms with Gasteiger partial charge >= 0.3 is 6.36 Å². The first-order valence-electron chi connectivity index (χ1n) is 5.24. The van der Waals surface area contributed by atoms with E-state index in [1.54, 1.807) is 35.0 Å². The number of ether oxygens (including phenoxy) is 1. The van der Waals surface area contributed by atoms with Gasteiger partial charge in [-0.25, -0.2) is 0 Å². The number of carbonyl (C=O) groups is 1. The van der Waals surface area contributed by atoms with E-state index in [-0.39, 0.29) is 6.54 Å². The number of carbonyl (C=O) groups excluding carboxylic acids is 1. The summed E-state index contributed by atoms with van der Waals surface area (Å²) >= 11 is 0. The molecule has 6 heteroatoms. The van der Waals surface area contributed by atoms with E-state index in [1.807, 2.05) is 0 Å². The van der Waals surface area contributed by atoms with Crippen molar-refractivity contribution in [2.75, 3.05) is 6.61 Å². The average Bonchev–Trinajstić information content (AvgIpc) is 2.70. The van der Waals surface area contributed by atoms with E-state index in [0.29, 0.717) is 5.56 Å². The summed E-state index contributed by atoms with van der Waals surface area (Å²) in [7, 11) is 0. The third-order valence-corrected chi connectivity index (χ3v) is 2.53. The largest absolute Gasteiger partial charge is 0.522 e. The molecule has 18 heavy (non-hydrogen) atoms. The third-order valence-electron chi connectivity index (χ3n) is 2.53. The Bertz CT molecular complexity index is 560. The van der Waals surface area contributed by atoms with Crippen LogP contribution in [0.1, 0.15) is 10.4 Å². The Hall–Kier alpha value is -1.82. The fourth-order valence-electron chi connectivity index (χ4n) is 1.75. The predicted molar refractivity (Wildman–Crippen MR) is 59.3 cm³/mol. The fraction of sp³-hybridized carbons (Fsp3) is 0.250. The Labute approximate surface area is 101 Å². The van der Waals surface area contributed by atoms with Crippen LogP contribution >= 0.6 is 0 Å². The lowest BCUT2D eigenvalue weighted by atomic mass is 10.2. The maximum atomic E-state index is 11.8. The van der Waals surface area contributed by atoms with Crippen LogP contribution in [-0.2, 0) is 11.3 Å². The van der Waals surface area contributed by atoms with E-state index in [1.165, 1.54) is 0 Å². The lowest BCUT2D eigenvalue weighted by Crippen LogP contribution is -2.17. The highest BCUT2D eigenvalue weighted by atomic mass is 19.4. The smallest absolute Gasteiger partial charge is 0.345 e. The van der Waals surface area contributed by atoms with Gasteiger partial charge in [-0.1, -0.05) is 0 Å². The van der Waals surface area contributed by atoms with Crippen LogP contribution in [0.15, 0.2) is 30.5 Å². The zero-order chi connectivity index (χ0) is 13.2. The van der Waals surface area contributed by atoms with Crippen LogP contribution in [0.5, 0.6) is 0 Å². The van der Waals surface area contributed by atoms with Crippen LogP contribution < -0.4 is 0 Å². The molecule has 0 aliphatic heterocycles. The van der Waals surface area contributed by atoms with Gasteiger partial charge in [0.25, 0.3) is 0 Å². The molecule has 0 unspecified atom stereocenters. The molecule has 2 aromatic rings. The summed E-state index contributed by atoms with van der Waals surface area (Å²) in [5, 5.41) is 0.812. The molecule has 0 aliphatic rings. The van der Waals surface area contributed by atoms with Crippen molar-refractivity contribution in [3.8, 4) is 0 Å². The molecule has 0 N–H and O–H groups in total.